The van der Waals surface area contributed by atoms with Crippen molar-refractivity contribution in [2.45, 2.75) is 34.0 Å². The summed E-state index contributed by atoms with van der Waals surface area (Å²) in [5.41, 5.74) is 7.29. The Kier molecular flexibility index (Phi) is 2.29. The molecular weight excluding hydrogens is 326 g/mol. The van der Waals surface area contributed by atoms with Crippen LogP contribution in [0.15, 0.2) is 0 Å². The highest BCUT2D eigenvalue weighted by molar-refractivity contribution is 7.58. The summed E-state index contributed by atoms with van der Waals surface area (Å²) in [6.07, 6.45) is 0. The summed E-state index contributed by atoms with van der Waals surface area (Å²) in [4.78, 5) is 0. The molecule has 4 aliphatic heterocycles. The van der Waals surface area contributed by atoms with Crippen LogP contribution in [0.4, 0.5) is 0 Å². The van der Waals surface area contributed by atoms with E-state index in [4.69, 9.17) is 44.3 Å². The molecule has 4 heterocycles. The Morgan fingerprint density at radius 1 is 0.429 bits per heavy atom. The van der Waals surface area contributed by atoms with E-state index in [0.717, 1.165) is 0 Å². The first-order chi connectivity index (χ1) is 6.24. The molecule has 4 rings (SSSR count). The van der Waals surface area contributed by atoms with E-state index in [9.17, 15) is 0 Å². The lowest BCUT2D eigenvalue weighted by Gasteiger charge is -2.60. The second kappa shape index (κ2) is 2.88. The normalized spacial score (nSPS) is 66.0. The predicted molar refractivity (Wildman–Crippen MR) is 75.3 cm³/mol. The van der Waals surface area contributed by atoms with Crippen LogP contribution in [0.5, 0.6) is 0 Å². The van der Waals surface area contributed by atoms with Crippen molar-refractivity contribution in [1.82, 2.24) is 0 Å². The zero-order valence-corrected chi connectivity index (χ0v) is 14.8. The lowest BCUT2D eigenvalue weighted by molar-refractivity contribution is 1.29. The third kappa shape index (κ3) is 1.65. The molecule has 14 heavy (non-hydrogen) atoms. The number of halogens is 4. The highest BCUT2D eigenvalue weighted by atomic mass is 35.6. The van der Waals surface area contributed by atoms with Gasteiger partial charge in [0.15, 0.2) is 29.5 Å². The van der Waals surface area contributed by atoms with Crippen LogP contribution in [0.2, 0.25) is 34.0 Å². The highest BCUT2D eigenvalue weighted by Crippen LogP contribution is 2.63. The van der Waals surface area contributed by atoms with Crippen LogP contribution in [0.25, 0.3) is 0 Å². The molecule has 0 saturated carbocycles. The third-order valence-electron chi connectivity index (χ3n) is 3.80. The molecule has 0 amide bonds. The Morgan fingerprint density at radius 3 is 0.714 bits per heavy atom. The van der Waals surface area contributed by atoms with Crippen molar-refractivity contribution in [2.75, 3.05) is 0 Å². The summed E-state index contributed by atoms with van der Waals surface area (Å²) in [5.74, 6) is 0. The maximum atomic E-state index is 6.79. The summed E-state index contributed by atoms with van der Waals surface area (Å²) in [7, 11) is -6.22. The molecule has 8 heteroatoms. The lowest BCUT2D eigenvalue weighted by Crippen LogP contribution is -2.72. The fourth-order valence-corrected chi connectivity index (χ4v) is 82.2. The number of hydrogen-bond acceptors (Lipinski definition) is 0. The highest BCUT2D eigenvalue weighted by Gasteiger charge is 2.71. The van der Waals surface area contributed by atoms with E-state index >= 15 is 0 Å². The monoisotopic (exact) mass is 336 g/mol. The average molecular weight is 338 g/mol. The van der Waals surface area contributed by atoms with Gasteiger partial charge in [-0.2, -0.15) is 44.3 Å². The zero-order chi connectivity index (χ0) is 10.2. The summed E-state index contributed by atoms with van der Waals surface area (Å²) in [6.45, 7) is 0. The van der Waals surface area contributed by atoms with Crippen LogP contribution < -0.4 is 0 Å². The Morgan fingerprint density at radius 2 is 0.571 bits per heavy atom. The summed E-state index contributed by atoms with van der Waals surface area (Å²) >= 11 is 27.2. The van der Waals surface area contributed by atoms with E-state index in [1.807, 2.05) is 0 Å². The Labute approximate surface area is 107 Å². The molecule has 0 N–H and O–H groups in total. The van der Waals surface area contributed by atoms with Crippen molar-refractivity contribution >= 4 is 73.9 Å². The number of rotatable bonds is 0. The van der Waals surface area contributed by atoms with Gasteiger partial charge in [0.2, 0.25) is 0 Å². The molecule has 80 valence electrons. The fraction of sp³-hybridized carbons (Fsp3) is 1.00. The minimum Gasteiger partial charge on any atom is -0.168 e. The standard InChI is InChI=1S/C6H12Cl4Si4/c7-11-1-12(8)4-13(9,2-11)6-14(10,3-11)5-12/h1-6H2. The smallest absolute Gasteiger partial charge is 0.152 e. The summed E-state index contributed by atoms with van der Waals surface area (Å²) < 4.78 is 0. The van der Waals surface area contributed by atoms with E-state index in [1.54, 1.807) is 0 Å². The summed E-state index contributed by atoms with van der Waals surface area (Å²) in [5, 5.41) is 0. The van der Waals surface area contributed by atoms with Gasteiger partial charge in [0, 0.05) is 0 Å². The second-order valence-corrected chi connectivity index (χ2v) is 33.0. The predicted octanol–water partition coefficient (Wildman–Crippen LogP) is 4.00. The topological polar surface area (TPSA) is 0 Å². The largest absolute Gasteiger partial charge is 0.168 e. The molecule has 0 spiro atoms. The zero-order valence-electron chi connectivity index (χ0n) is 7.75. The first-order valence-corrected chi connectivity index (χ1v) is 19.5. The van der Waals surface area contributed by atoms with Crippen LogP contribution in [-0.4, -0.2) is 29.5 Å². The van der Waals surface area contributed by atoms with Gasteiger partial charge in [-0.3, -0.25) is 0 Å². The van der Waals surface area contributed by atoms with Gasteiger partial charge in [0.25, 0.3) is 0 Å². The van der Waals surface area contributed by atoms with Gasteiger partial charge in [0.1, 0.15) is 0 Å². The van der Waals surface area contributed by atoms with Crippen molar-refractivity contribution in [3.63, 3.8) is 0 Å². The average Bonchev–Trinajstić information content (AvgIpc) is 1.67. The minimum absolute atomic E-state index is 1.21. The van der Waals surface area contributed by atoms with E-state index in [-0.39, 0.29) is 0 Å². The van der Waals surface area contributed by atoms with Crippen LogP contribution in [0, 0.1) is 0 Å². The SMILES string of the molecule is Cl[Si]12C[Si]3(Cl)C[Si](Cl)(C1)C[Si](Cl)(C2)C3. The Bertz CT molecular complexity index is 215. The molecule has 0 aromatic carbocycles. The van der Waals surface area contributed by atoms with Gasteiger partial charge in [-0.05, 0) is 34.0 Å². The quantitative estimate of drug-likeness (QED) is 0.463. The minimum atomic E-state index is -1.56. The molecule has 0 unspecified atom stereocenters. The lowest BCUT2D eigenvalue weighted by atomic mass is 11.6. The first kappa shape index (κ1) is 11.1. The van der Waals surface area contributed by atoms with Crippen molar-refractivity contribution in [3.8, 4) is 0 Å². The molecule has 0 aromatic heterocycles. The van der Waals surface area contributed by atoms with Gasteiger partial charge in [-0.15, -0.1) is 0 Å². The molecule has 0 radical (unpaired) electrons. The van der Waals surface area contributed by atoms with E-state index < -0.39 is 29.5 Å². The molecule has 4 bridgehead atoms. The molecule has 0 atom stereocenters. The first-order valence-electron chi connectivity index (χ1n) is 5.00. The molecule has 4 saturated heterocycles. The van der Waals surface area contributed by atoms with Crippen LogP contribution in [0.1, 0.15) is 0 Å². The Balaban J connectivity index is 2.08. The molecule has 4 aliphatic rings. The van der Waals surface area contributed by atoms with Crippen LogP contribution in [0.3, 0.4) is 0 Å². The van der Waals surface area contributed by atoms with Crippen LogP contribution >= 0.6 is 44.3 Å². The van der Waals surface area contributed by atoms with Gasteiger partial charge < -0.3 is 0 Å². The van der Waals surface area contributed by atoms with E-state index in [0.29, 0.717) is 0 Å². The molecule has 0 aliphatic carbocycles. The molecule has 4 fully saturated rings. The van der Waals surface area contributed by atoms with Gasteiger partial charge in [-0.1, -0.05) is 0 Å². The van der Waals surface area contributed by atoms with Crippen molar-refractivity contribution < 1.29 is 0 Å². The molecule has 0 aromatic rings. The third-order valence-corrected chi connectivity index (χ3v) is 48.6. The number of hydrogen-bond donors (Lipinski definition) is 0. The van der Waals surface area contributed by atoms with Crippen molar-refractivity contribution in [3.05, 3.63) is 0 Å². The maximum Gasteiger partial charge on any atom is 0.152 e. The molecular formula is C6H12Cl4Si4. The van der Waals surface area contributed by atoms with Gasteiger partial charge >= 0.3 is 0 Å². The second-order valence-electron chi connectivity index (χ2n) is 5.66. The molecule has 0 nitrogen and oxygen atoms in total. The summed E-state index contributed by atoms with van der Waals surface area (Å²) in [6, 6.07) is 0. The Hall–Kier alpha value is 2.03. The van der Waals surface area contributed by atoms with Crippen LogP contribution in [-0.2, 0) is 0 Å². The maximum absolute atomic E-state index is 6.79. The fourth-order valence-electron chi connectivity index (χ4n) is 4.16. The van der Waals surface area contributed by atoms with Crippen molar-refractivity contribution in [1.29, 1.82) is 0 Å². The van der Waals surface area contributed by atoms with Crippen molar-refractivity contribution in [2.24, 2.45) is 0 Å². The van der Waals surface area contributed by atoms with E-state index in [1.165, 1.54) is 34.0 Å². The van der Waals surface area contributed by atoms with E-state index in [2.05, 4.69) is 0 Å². The van der Waals surface area contributed by atoms with Gasteiger partial charge in [-0.25, -0.2) is 0 Å². The van der Waals surface area contributed by atoms with Gasteiger partial charge in [0.05, 0.1) is 0 Å².